The van der Waals surface area contributed by atoms with E-state index in [0.717, 1.165) is 0 Å². The summed E-state index contributed by atoms with van der Waals surface area (Å²) in [6.45, 7) is 4.14. The summed E-state index contributed by atoms with van der Waals surface area (Å²) in [6.07, 6.45) is -1.08. The normalized spacial score (nSPS) is 16.7. The zero-order chi connectivity index (χ0) is 19.2. The highest BCUT2D eigenvalue weighted by molar-refractivity contribution is 6.31. The van der Waals surface area contributed by atoms with Crippen LogP contribution in [0.2, 0.25) is 5.02 Å². The van der Waals surface area contributed by atoms with Gasteiger partial charge in [0, 0.05) is 12.1 Å². The molecule has 0 radical (unpaired) electrons. The van der Waals surface area contributed by atoms with Crippen molar-refractivity contribution in [3.8, 4) is 11.3 Å². The molecule has 1 aliphatic heterocycles. The predicted molar refractivity (Wildman–Crippen MR) is 93.5 cm³/mol. The van der Waals surface area contributed by atoms with Crippen molar-refractivity contribution in [3.63, 3.8) is 0 Å². The van der Waals surface area contributed by atoms with Crippen LogP contribution < -0.4 is 5.73 Å². The first-order chi connectivity index (χ1) is 12.2. The summed E-state index contributed by atoms with van der Waals surface area (Å²) >= 11 is 5.85. The van der Waals surface area contributed by atoms with E-state index in [-0.39, 0.29) is 41.3 Å². The van der Waals surface area contributed by atoms with E-state index < -0.39 is 17.8 Å². The minimum Gasteiger partial charge on any atom is -0.465 e. The molecule has 138 valence electrons. The number of hydrogen-bond acceptors (Lipinski definition) is 3. The van der Waals surface area contributed by atoms with Crippen LogP contribution in [0, 0.1) is 11.7 Å². The van der Waals surface area contributed by atoms with Gasteiger partial charge in [0.15, 0.2) is 0 Å². The highest BCUT2D eigenvalue weighted by Gasteiger charge is 2.35. The van der Waals surface area contributed by atoms with Crippen molar-refractivity contribution in [1.29, 1.82) is 0 Å². The molecule has 0 spiro atoms. The lowest BCUT2D eigenvalue weighted by molar-refractivity contribution is 0.0979. The maximum Gasteiger partial charge on any atom is 0.407 e. The second kappa shape index (κ2) is 6.60. The monoisotopic (exact) mass is 380 g/mol. The third-order valence-corrected chi connectivity index (χ3v) is 4.84. The summed E-state index contributed by atoms with van der Waals surface area (Å²) in [6, 6.07) is 3.76. The Balaban J connectivity index is 2.22. The quantitative estimate of drug-likeness (QED) is 0.853. The number of halogens is 2. The number of amides is 2. The Morgan fingerprint density at radius 2 is 2.12 bits per heavy atom. The zero-order valence-corrected chi connectivity index (χ0v) is 15.0. The summed E-state index contributed by atoms with van der Waals surface area (Å²) in [5, 5.41) is 13.8. The molecule has 0 saturated heterocycles. The molecule has 1 unspecified atom stereocenters. The summed E-state index contributed by atoms with van der Waals surface area (Å²) in [4.78, 5) is 24.9. The van der Waals surface area contributed by atoms with Crippen LogP contribution in [0.25, 0.3) is 11.3 Å². The molecule has 26 heavy (non-hydrogen) atoms. The first kappa shape index (κ1) is 18.2. The van der Waals surface area contributed by atoms with Crippen molar-refractivity contribution in [2.75, 3.05) is 6.54 Å². The second-order valence-electron chi connectivity index (χ2n) is 6.58. The van der Waals surface area contributed by atoms with Crippen LogP contribution in [-0.4, -0.2) is 38.3 Å². The molecule has 3 N–H and O–H groups in total. The molecule has 2 amide bonds. The molecule has 1 aliphatic rings. The number of primary amides is 1. The van der Waals surface area contributed by atoms with Crippen LogP contribution in [0.4, 0.5) is 9.18 Å². The third-order valence-electron chi connectivity index (χ3n) is 4.55. The molecule has 0 saturated carbocycles. The van der Waals surface area contributed by atoms with E-state index in [1.165, 1.54) is 23.1 Å². The SMILES string of the molecule is CC(C)C1CN(C(=O)O)Cc2c(C(N)=O)c(-c3ccc(F)c(Cl)c3)nn21. The van der Waals surface area contributed by atoms with Gasteiger partial charge in [-0.25, -0.2) is 9.18 Å². The fourth-order valence-corrected chi connectivity index (χ4v) is 3.37. The maximum absolute atomic E-state index is 13.5. The second-order valence-corrected chi connectivity index (χ2v) is 6.99. The lowest BCUT2D eigenvalue weighted by Gasteiger charge is -2.34. The van der Waals surface area contributed by atoms with Gasteiger partial charge in [0.25, 0.3) is 5.91 Å². The van der Waals surface area contributed by atoms with Gasteiger partial charge in [0.05, 0.1) is 28.9 Å². The molecular weight excluding hydrogens is 363 g/mol. The van der Waals surface area contributed by atoms with Crippen LogP contribution >= 0.6 is 11.6 Å². The summed E-state index contributed by atoms with van der Waals surface area (Å²) < 4.78 is 15.2. The lowest BCUT2D eigenvalue weighted by Crippen LogP contribution is -2.42. The average molecular weight is 381 g/mol. The number of fused-ring (bicyclic) bond motifs is 1. The summed E-state index contributed by atoms with van der Waals surface area (Å²) in [5.41, 5.74) is 6.84. The van der Waals surface area contributed by atoms with Crippen molar-refractivity contribution < 1.29 is 19.1 Å². The van der Waals surface area contributed by atoms with E-state index in [4.69, 9.17) is 17.3 Å². The van der Waals surface area contributed by atoms with E-state index in [1.54, 1.807) is 4.68 Å². The largest absolute Gasteiger partial charge is 0.465 e. The fourth-order valence-electron chi connectivity index (χ4n) is 3.19. The maximum atomic E-state index is 13.5. The Hall–Kier alpha value is -2.61. The molecule has 1 aromatic heterocycles. The molecule has 7 nitrogen and oxygen atoms in total. The molecule has 0 bridgehead atoms. The minimum absolute atomic E-state index is 0.00124. The molecule has 1 aromatic carbocycles. The van der Waals surface area contributed by atoms with Crippen LogP contribution in [0.5, 0.6) is 0 Å². The standard InChI is InChI=1S/C17H18ClFN4O3/c1-8(2)12-6-22(17(25)26)7-13-14(16(20)24)15(21-23(12)13)9-3-4-11(19)10(18)5-9/h3-5,8,12H,6-7H2,1-2H3,(H2,20,24)(H,25,26). The van der Waals surface area contributed by atoms with Gasteiger partial charge in [-0.15, -0.1) is 0 Å². The predicted octanol–water partition coefficient (Wildman–Crippen LogP) is 3.13. The van der Waals surface area contributed by atoms with Gasteiger partial charge < -0.3 is 15.7 Å². The molecule has 2 aromatic rings. The van der Waals surface area contributed by atoms with Gasteiger partial charge in [-0.05, 0) is 24.1 Å². The number of rotatable bonds is 3. The Labute approximate surface area is 154 Å². The first-order valence-electron chi connectivity index (χ1n) is 8.05. The van der Waals surface area contributed by atoms with E-state index in [1.807, 2.05) is 13.8 Å². The molecule has 0 fully saturated rings. The van der Waals surface area contributed by atoms with Crippen molar-refractivity contribution in [1.82, 2.24) is 14.7 Å². The van der Waals surface area contributed by atoms with Gasteiger partial charge in [-0.1, -0.05) is 25.4 Å². The molecule has 9 heteroatoms. The average Bonchev–Trinajstić information content (AvgIpc) is 2.95. The number of benzene rings is 1. The third kappa shape index (κ3) is 3.01. The van der Waals surface area contributed by atoms with Crippen molar-refractivity contribution in [3.05, 3.63) is 40.3 Å². The van der Waals surface area contributed by atoms with Gasteiger partial charge in [0.2, 0.25) is 0 Å². The van der Waals surface area contributed by atoms with E-state index in [2.05, 4.69) is 5.10 Å². The Morgan fingerprint density at radius 3 is 2.65 bits per heavy atom. The van der Waals surface area contributed by atoms with Crippen LogP contribution in [0.15, 0.2) is 18.2 Å². The van der Waals surface area contributed by atoms with Crippen molar-refractivity contribution in [2.45, 2.75) is 26.4 Å². The number of aromatic nitrogens is 2. The van der Waals surface area contributed by atoms with Gasteiger partial charge >= 0.3 is 6.09 Å². The molecule has 2 heterocycles. The number of carboxylic acid groups (broad SMARTS) is 1. The van der Waals surface area contributed by atoms with E-state index in [9.17, 15) is 19.1 Å². The minimum atomic E-state index is -1.08. The molecule has 0 aliphatic carbocycles. The van der Waals surface area contributed by atoms with E-state index in [0.29, 0.717) is 11.3 Å². The summed E-state index contributed by atoms with van der Waals surface area (Å²) in [7, 11) is 0. The molecule has 1 atom stereocenters. The van der Waals surface area contributed by atoms with Gasteiger partial charge in [0.1, 0.15) is 11.5 Å². The Morgan fingerprint density at radius 1 is 1.42 bits per heavy atom. The molecule has 3 rings (SSSR count). The van der Waals surface area contributed by atoms with Gasteiger partial charge in [-0.3, -0.25) is 9.48 Å². The summed E-state index contributed by atoms with van der Waals surface area (Å²) in [5.74, 6) is -1.24. The highest BCUT2D eigenvalue weighted by Crippen LogP contribution is 2.35. The fraction of sp³-hybridized carbons (Fsp3) is 0.353. The number of nitrogens with two attached hydrogens (primary N) is 1. The number of carbonyl (C=O) groups is 2. The molecular formula is C17H18ClFN4O3. The van der Waals surface area contributed by atoms with Crippen molar-refractivity contribution >= 4 is 23.6 Å². The van der Waals surface area contributed by atoms with Crippen molar-refractivity contribution in [2.24, 2.45) is 11.7 Å². The van der Waals surface area contributed by atoms with Gasteiger partial charge in [-0.2, -0.15) is 5.10 Å². The first-order valence-corrected chi connectivity index (χ1v) is 8.43. The zero-order valence-electron chi connectivity index (χ0n) is 14.2. The lowest BCUT2D eigenvalue weighted by atomic mass is 9.99. The smallest absolute Gasteiger partial charge is 0.407 e. The Bertz CT molecular complexity index is 896. The number of carbonyl (C=O) groups excluding carboxylic acids is 1. The van der Waals surface area contributed by atoms with Crippen LogP contribution in [0.3, 0.4) is 0 Å². The topological polar surface area (TPSA) is 101 Å². The number of hydrogen-bond donors (Lipinski definition) is 2. The highest BCUT2D eigenvalue weighted by atomic mass is 35.5. The Kier molecular flexibility index (Phi) is 4.62. The van der Waals surface area contributed by atoms with Crippen LogP contribution in [0.1, 0.15) is 35.9 Å². The number of nitrogens with zero attached hydrogens (tertiary/aromatic N) is 3. The van der Waals surface area contributed by atoms with Crippen LogP contribution in [-0.2, 0) is 6.54 Å². The van der Waals surface area contributed by atoms with E-state index >= 15 is 0 Å².